The van der Waals surface area contributed by atoms with E-state index in [4.69, 9.17) is 17.3 Å². The molecule has 180 valence electrons. The van der Waals surface area contributed by atoms with Gasteiger partial charge in [-0.2, -0.15) is 22.0 Å². The number of nitrogens with two attached hydrogens (primary N) is 1. The third kappa shape index (κ3) is 5.95. The Kier molecular flexibility index (Phi) is 7.38. The first-order valence-corrected chi connectivity index (χ1v) is 10.4. The van der Waals surface area contributed by atoms with E-state index >= 15 is 4.39 Å². The number of amidine groups is 1. The summed E-state index contributed by atoms with van der Waals surface area (Å²) < 4.78 is 84.7. The first-order chi connectivity index (χ1) is 15.8. The second-order valence-corrected chi connectivity index (χ2v) is 8.20. The molecule has 34 heavy (non-hydrogen) atoms. The van der Waals surface area contributed by atoms with Crippen LogP contribution >= 0.6 is 11.6 Å². The topological polar surface area (TPSA) is 50.7 Å². The van der Waals surface area contributed by atoms with Gasteiger partial charge in [-0.15, -0.1) is 0 Å². The summed E-state index contributed by atoms with van der Waals surface area (Å²) in [6.07, 6.45) is -2.40. The summed E-state index contributed by atoms with van der Waals surface area (Å²) in [5.74, 6) is -3.59. The number of rotatable bonds is 6. The quantitative estimate of drug-likeness (QED) is 0.331. The molecule has 0 spiro atoms. The van der Waals surface area contributed by atoms with Crippen LogP contribution in [0.5, 0.6) is 0 Å². The lowest BCUT2D eigenvalue weighted by Gasteiger charge is -2.20. The van der Waals surface area contributed by atoms with Gasteiger partial charge < -0.3 is 0 Å². The Bertz CT molecular complexity index is 1170. The standard InChI is InChI=1S/C24H20ClF6N3/c1-13-8-16(10-17(25)9-13)19(23(27,28)29)12-21(26)15-4-5-18(20(11-15)24(30,31)32)14(2)22-33-6-3-7-34-22/h4-6,8-12,19H,2-3,7,32H2,1H3/b21-12-. The number of nitrogens with zero attached hydrogens (tertiary/aromatic N) is 2. The highest BCUT2D eigenvalue weighted by atomic mass is 35.5. The van der Waals surface area contributed by atoms with Gasteiger partial charge in [0.05, 0.1) is 0 Å². The average Bonchev–Trinajstić information content (AvgIpc) is 2.75. The van der Waals surface area contributed by atoms with Crippen LogP contribution < -0.4 is 5.73 Å². The van der Waals surface area contributed by atoms with Crippen LogP contribution in [0, 0.1) is 6.92 Å². The van der Waals surface area contributed by atoms with Crippen molar-refractivity contribution < 1.29 is 26.3 Å². The van der Waals surface area contributed by atoms with Crippen LogP contribution in [0.3, 0.4) is 0 Å². The molecule has 0 saturated heterocycles. The fourth-order valence-electron chi connectivity index (χ4n) is 3.51. The molecule has 1 aliphatic rings. The predicted molar refractivity (Wildman–Crippen MR) is 123 cm³/mol. The number of hydrogen-bond donors (Lipinski definition) is 1. The van der Waals surface area contributed by atoms with E-state index in [0.29, 0.717) is 30.7 Å². The molecule has 0 aliphatic carbocycles. The van der Waals surface area contributed by atoms with Crippen molar-refractivity contribution in [3.05, 3.63) is 81.9 Å². The van der Waals surface area contributed by atoms with E-state index in [2.05, 4.69) is 16.6 Å². The van der Waals surface area contributed by atoms with Crippen molar-refractivity contribution in [3.8, 4) is 0 Å². The molecule has 2 N–H and O–H groups in total. The van der Waals surface area contributed by atoms with E-state index in [1.54, 1.807) is 13.1 Å². The number of alkyl halides is 5. The minimum absolute atomic E-state index is 0.0367. The molecule has 0 aromatic heterocycles. The molecule has 0 fully saturated rings. The summed E-state index contributed by atoms with van der Waals surface area (Å²) in [6.45, 7) is 5.67. The average molecular weight is 500 g/mol. The largest absolute Gasteiger partial charge is 0.399 e. The highest BCUT2D eigenvalue weighted by Gasteiger charge is 2.40. The third-order valence-electron chi connectivity index (χ3n) is 5.07. The Morgan fingerprint density at radius 1 is 1.15 bits per heavy atom. The van der Waals surface area contributed by atoms with Crippen molar-refractivity contribution in [1.29, 1.82) is 0 Å². The van der Waals surface area contributed by atoms with Crippen molar-refractivity contribution in [2.45, 2.75) is 31.5 Å². The van der Waals surface area contributed by atoms with Crippen LogP contribution in [0.2, 0.25) is 5.02 Å². The maximum absolute atomic E-state index is 15.0. The molecule has 1 unspecified atom stereocenters. The molecule has 10 heteroatoms. The monoisotopic (exact) mass is 499 g/mol. The van der Waals surface area contributed by atoms with Gasteiger partial charge in [0.1, 0.15) is 11.7 Å². The number of benzene rings is 2. The van der Waals surface area contributed by atoms with Gasteiger partial charge in [0.15, 0.2) is 5.84 Å². The number of halogens is 7. The number of aliphatic imine (C=N–C) groups is 2. The normalized spacial score (nSPS) is 15.8. The van der Waals surface area contributed by atoms with Gasteiger partial charge in [0.2, 0.25) is 0 Å². The van der Waals surface area contributed by atoms with Crippen molar-refractivity contribution in [3.63, 3.8) is 0 Å². The molecule has 3 rings (SSSR count). The number of allylic oxidation sites excluding steroid dienone is 1. The lowest BCUT2D eigenvalue weighted by Crippen LogP contribution is -2.27. The fourth-order valence-corrected chi connectivity index (χ4v) is 3.81. The lowest BCUT2D eigenvalue weighted by atomic mass is 9.93. The predicted octanol–water partition coefficient (Wildman–Crippen LogP) is 7.20. The second kappa shape index (κ2) is 9.76. The Morgan fingerprint density at radius 2 is 1.85 bits per heavy atom. The zero-order valence-corrected chi connectivity index (χ0v) is 18.7. The summed E-state index contributed by atoms with van der Waals surface area (Å²) in [6, 6.07) is 2.73. The first kappa shape index (κ1) is 25.7. The van der Waals surface area contributed by atoms with Crippen LogP contribution in [0.15, 0.2) is 59.0 Å². The smallest absolute Gasteiger partial charge is 0.268 e. The number of hydrogen-bond acceptors (Lipinski definition) is 3. The SMILES string of the molecule is C=C(C1=NCCC=N1)c1ccc(/C(F)=C/C(c2cc(C)cc(Cl)c2)C(F)(F)F)cc1C(N)(F)F. The lowest BCUT2D eigenvalue weighted by molar-refractivity contribution is -0.139. The molecule has 1 aliphatic heterocycles. The Labute approximate surface area is 197 Å². The van der Waals surface area contributed by atoms with Crippen molar-refractivity contribution >= 4 is 35.1 Å². The van der Waals surface area contributed by atoms with E-state index in [0.717, 1.165) is 18.2 Å². The van der Waals surface area contributed by atoms with Gasteiger partial charge in [-0.05, 0) is 47.9 Å². The van der Waals surface area contributed by atoms with Gasteiger partial charge >= 0.3 is 12.2 Å². The Hall–Kier alpha value is -2.91. The fraction of sp³-hybridized carbons (Fsp3) is 0.250. The van der Waals surface area contributed by atoms with E-state index in [1.807, 2.05) is 0 Å². The van der Waals surface area contributed by atoms with Crippen molar-refractivity contribution in [1.82, 2.24) is 0 Å². The maximum Gasteiger partial charge on any atom is 0.399 e. The highest BCUT2D eigenvalue weighted by Crippen LogP contribution is 2.40. The molecule has 1 heterocycles. The van der Waals surface area contributed by atoms with Crippen LogP contribution in [0.4, 0.5) is 26.3 Å². The van der Waals surface area contributed by atoms with E-state index < -0.39 is 35.1 Å². The van der Waals surface area contributed by atoms with Crippen LogP contribution in [-0.2, 0) is 6.05 Å². The van der Waals surface area contributed by atoms with Gasteiger partial charge in [-0.25, -0.2) is 9.38 Å². The molecule has 0 radical (unpaired) electrons. The summed E-state index contributed by atoms with van der Waals surface area (Å²) >= 11 is 5.87. The minimum Gasteiger partial charge on any atom is -0.268 e. The maximum atomic E-state index is 15.0. The van der Waals surface area contributed by atoms with Crippen LogP contribution in [-0.4, -0.2) is 24.8 Å². The van der Waals surface area contributed by atoms with E-state index in [9.17, 15) is 22.0 Å². The molecule has 0 bridgehead atoms. The Morgan fingerprint density at radius 3 is 2.41 bits per heavy atom. The summed E-state index contributed by atoms with van der Waals surface area (Å²) in [5, 5.41) is 0.0549. The van der Waals surface area contributed by atoms with Gasteiger partial charge in [-0.3, -0.25) is 10.7 Å². The molecule has 0 amide bonds. The van der Waals surface area contributed by atoms with Gasteiger partial charge in [0.25, 0.3) is 0 Å². The molecule has 3 nitrogen and oxygen atoms in total. The van der Waals surface area contributed by atoms with Crippen molar-refractivity contribution in [2.24, 2.45) is 15.7 Å². The number of aryl methyl sites for hydroxylation is 1. The van der Waals surface area contributed by atoms with E-state index in [-0.39, 0.29) is 27.6 Å². The molecule has 0 saturated carbocycles. The Balaban J connectivity index is 2.08. The second-order valence-electron chi connectivity index (χ2n) is 7.76. The molecular weight excluding hydrogens is 480 g/mol. The summed E-state index contributed by atoms with van der Waals surface area (Å²) in [7, 11) is 0. The van der Waals surface area contributed by atoms with Gasteiger partial charge in [0, 0.05) is 40.9 Å². The van der Waals surface area contributed by atoms with Crippen LogP contribution in [0.25, 0.3) is 11.4 Å². The summed E-state index contributed by atoms with van der Waals surface area (Å²) in [5.41, 5.74) is 3.75. The first-order valence-electron chi connectivity index (χ1n) is 10.1. The van der Waals surface area contributed by atoms with Crippen LogP contribution in [0.1, 0.15) is 40.2 Å². The van der Waals surface area contributed by atoms with E-state index in [1.165, 1.54) is 12.1 Å². The zero-order chi connectivity index (χ0) is 25.3. The van der Waals surface area contributed by atoms with Gasteiger partial charge in [-0.1, -0.05) is 36.4 Å². The summed E-state index contributed by atoms with van der Waals surface area (Å²) in [4.78, 5) is 8.13. The molecule has 2 aromatic carbocycles. The highest BCUT2D eigenvalue weighted by molar-refractivity contribution is 6.30. The molecule has 1 atom stereocenters. The molecular formula is C24H20ClF6N3. The third-order valence-corrected chi connectivity index (χ3v) is 5.29. The zero-order valence-electron chi connectivity index (χ0n) is 17.9. The molecule has 2 aromatic rings. The minimum atomic E-state index is -4.86. The van der Waals surface area contributed by atoms with Crippen molar-refractivity contribution in [2.75, 3.05) is 6.54 Å².